The van der Waals surface area contributed by atoms with Gasteiger partial charge >= 0.3 is 0 Å². The fourth-order valence-electron chi connectivity index (χ4n) is 3.29. The Labute approximate surface area is 118 Å². The second-order valence-electron chi connectivity index (χ2n) is 5.81. The molecular formula is C14H22N4O2. The van der Waals surface area contributed by atoms with E-state index >= 15 is 0 Å². The van der Waals surface area contributed by atoms with Crippen molar-refractivity contribution in [3.63, 3.8) is 0 Å². The van der Waals surface area contributed by atoms with Crippen molar-refractivity contribution >= 4 is 5.91 Å². The first-order valence-corrected chi connectivity index (χ1v) is 7.24. The number of fused-ring (bicyclic) bond motifs is 1. The fraction of sp³-hybridized carbons (Fsp3) is 0.714. The minimum absolute atomic E-state index is 0.107. The molecule has 2 aliphatic heterocycles. The highest BCUT2D eigenvalue weighted by Gasteiger charge is 2.52. The molecule has 0 radical (unpaired) electrons. The average Bonchev–Trinajstić information content (AvgIpc) is 3.08. The Balaban J connectivity index is 1.67. The van der Waals surface area contributed by atoms with Crippen LogP contribution in [0.3, 0.4) is 0 Å². The standard InChI is InChI=1S/C14H22N4O2/c1-3-12-10(6-18(2)17-12)4-16-13(19)14-8-15-5-11(14)7-20-9-14/h6,11,15H,3-5,7-9H2,1-2H3,(H,16,19)/t11-,14-/m0/s1. The number of rotatable bonds is 4. The maximum atomic E-state index is 12.6. The van der Waals surface area contributed by atoms with Crippen LogP contribution >= 0.6 is 0 Å². The molecule has 110 valence electrons. The summed E-state index contributed by atoms with van der Waals surface area (Å²) in [4.78, 5) is 12.6. The van der Waals surface area contributed by atoms with Gasteiger partial charge in [-0.3, -0.25) is 9.48 Å². The Morgan fingerprint density at radius 3 is 3.35 bits per heavy atom. The second kappa shape index (κ2) is 5.18. The van der Waals surface area contributed by atoms with Gasteiger partial charge in [-0.2, -0.15) is 5.10 Å². The quantitative estimate of drug-likeness (QED) is 0.803. The van der Waals surface area contributed by atoms with Gasteiger partial charge in [-0.25, -0.2) is 0 Å². The molecule has 0 aliphatic carbocycles. The van der Waals surface area contributed by atoms with Crippen LogP contribution < -0.4 is 10.6 Å². The van der Waals surface area contributed by atoms with Crippen LogP contribution in [-0.4, -0.2) is 42.0 Å². The molecule has 2 N–H and O–H groups in total. The molecule has 0 bridgehead atoms. The lowest BCUT2D eigenvalue weighted by atomic mass is 9.80. The molecular weight excluding hydrogens is 256 g/mol. The molecule has 1 amide bonds. The predicted octanol–water partition coefficient (Wildman–Crippen LogP) is -0.165. The highest BCUT2D eigenvalue weighted by Crippen LogP contribution is 2.37. The molecule has 2 atom stereocenters. The Kier molecular flexibility index (Phi) is 3.52. The smallest absolute Gasteiger partial charge is 0.230 e. The van der Waals surface area contributed by atoms with Gasteiger partial charge in [0.15, 0.2) is 0 Å². The molecule has 0 spiro atoms. The number of aromatic nitrogens is 2. The number of hydrogen-bond donors (Lipinski definition) is 2. The van der Waals surface area contributed by atoms with Gasteiger partial charge in [0, 0.05) is 44.4 Å². The van der Waals surface area contributed by atoms with Crippen molar-refractivity contribution in [3.8, 4) is 0 Å². The van der Waals surface area contributed by atoms with Gasteiger partial charge < -0.3 is 15.4 Å². The molecule has 2 aliphatic rings. The molecule has 6 heteroatoms. The fourth-order valence-corrected chi connectivity index (χ4v) is 3.29. The Morgan fingerprint density at radius 1 is 1.70 bits per heavy atom. The summed E-state index contributed by atoms with van der Waals surface area (Å²) in [5.41, 5.74) is 1.78. The lowest BCUT2D eigenvalue weighted by Crippen LogP contribution is -2.46. The normalized spacial score (nSPS) is 28.6. The summed E-state index contributed by atoms with van der Waals surface area (Å²) in [5.74, 6) is 0.415. The number of nitrogens with zero attached hydrogens (tertiary/aromatic N) is 2. The third-order valence-electron chi connectivity index (χ3n) is 4.51. The number of carbonyl (C=O) groups is 1. The van der Waals surface area contributed by atoms with Gasteiger partial charge in [0.2, 0.25) is 5.91 Å². The van der Waals surface area contributed by atoms with E-state index in [4.69, 9.17) is 4.74 Å². The summed E-state index contributed by atoms with van der Waals surface area (Å²) in [7, 11) is 1.91. The van der Waals surface area contributed by atoms with Crippen LogP contribution in [0.15, 0.2) is 6.20 Å². The number of nitrogens with one attached hydrogen (secondary N) is 2. The molecule has 1 aromatic heterocycles. The van der Waals surface area contributed by atoms with Crippen LogP contribution in [0.5, 0.6) is 0 Å². The SMILES string of the molecule is CCc1nn(C)cc1CNC(=O)[C@]12CNC[C@H]1COC2. The first kappa shape index (κ1) is 13.6. The van der Waals surface area contributed by atoms with Crippen molar-refractivity contribution < 1.29 is 9.53 Å². The lowest BCUT2D eigenvalue weighted by Gasteiger charge is -2.24. The second-order valence-corrected chi connectivity index (χ2v) is 5.81. The van der Waals surface area contributed by atoms with Gasteiger partial charge in [-0.15, -0.1) is 0 Å². The number of aryl methyl sites for hydroxylation is 2. The van der Waals surface area contributed by atoms with E-state index in [2.05, 4.69) is 22.7 Å². The molecule has 20 heavy (non-hydrogen) atoms. The van der Waals surface area contributed by atoms with E-state index in [0.717, 1.165) is 30.8 Å². The Bertz CT molecular complexity index is 501. The maximum Gasteiger partial charge on any atom is 0.230 e. The number of ether oxygens (including phenoxy) is 1. The van der Waals surface area contributed by atoms with Gasteiger partial charge in [0.05, 0.1) is 24.3 Å². The van der Waals surface area contributed by atoms with Crippen LogP contribution in [0.2, 0.25) is 0 Å². The number of carbonyl (C=O) groups excluding carboxylic acids is 1. The van der Waals surface area contributed by atoms with Crippen LogP contribution in [0.25, 0.3) is 0 Å². The van der Waals surface area contributed by atoms with E-state index in [-0.39, 0.29) is 11.3 Å². The monoisotopic (exact) mass is 278 g/mol. The van der Waals surface area contributed by atoms with Crippen molar-refractivity contribution in [3.05, 3.63) is 17.5 Å². The summed E-state index contributed by atoms with van der Waals surface area (Å²) >= 11 is 0. The van der Waals surface area contributed by atoms with Crippen LogP contribution in [0.1, 0.15) is 18.2 Å². The third-order valence-corrected chi connectivity index (χ3v) is 4.51. The van der Waals surface area contributed by atoms with Crippen molar-refractivity contribution in [2.75, 3.05) is 26.3 Å². The van der Waals surface area contributed by atoms with Crippen molar-refractivity contribution in [2.45, 2.75) is 19.9 Å². The largest absolute Gasteiger partial charge is 0.380 e. The van der Waals surface area contributed by atoms with E-state index in [1.807, 2.05) is 13.2 Å². The van der Waals surface area contributed by atoms with Crippen LogP contribution in [0.4, 0.5) is 0 Å². The van der Waals surface area contributed by atoms with Crippen molar-refractivity contribution in [2.24, 2.45) is 18.4 Å². The summed E-state index contributed by atoms with van der Waals surface area (Å²) in [6.07, 6.45) is 2.86. The van der Waals surface area contributed by atoms with Crippen LogP contribution in [-0.2, 0) is 29.5 Å². The first-order valence-electron chi connectivity index (χ1n) is 7.24. The van der Waals surface area contributed by atoms with E-state index in [1.54, 1.807) is 4.68 Å². The number of amides is 1. The maximum absolute atomic E-state index is 12.6. The lowest BCUT2D eigenvalue weighted by molar-refractivity contribution is -0.131. The molecule has 6 nitrogen and oxygen atoms in total. The summed E-state index contributed by atoms with van der Waals surface area (Å²) in [6.45, 7) is 5.44. The minimum Gasteiger partial charge on any atom is -0.380 e. The zero-order valence-electron chi connectivity index (χ0n) is 12.1. The molecule has 0 unspecified atom stereocenters. The topological polar surface area (TPSA) is 68.2 Å². The van der Waals surface area contributed by atoms with Gasteiger partial charge in [-0.05, 0) is 6.42 Å². The third kappa shape index (κ3) is 2.13. The summed E-state index contributed by atoms with van der Waals surface area (Å²) in [5, 5.41) is 10.8. The highest BCUT2D eigenvalue weighted by molar-refractivity contribution is 5.84. The van der Waals surface area contributed by atoms with Gasteiger partial charge in [-0.1, -0.05) is 6.92 Å². The predicted molar refractivity (Wildman–Crippen MR) is 74.0 cm³/mol. The zero-order chi connectivity index (χ0) is 14.2. The van der Waals surface area contributed by atoms with E-state index in [9.17, 15) is 4.79 Å². The van der Waals surface area contributed by atoms with E-state index in [0.29, 0.717) is 25.7 Å². The highest BCUT2D eigenvalue weighted by atomic mass is 16.5. The molecule has 1 aromatic rings. The zero-order valence-corrected chi connectivity index (χ0v) is 12.1. The average molecular weight is 278 g/mol. The van der Waals surface area contributed by atoms with Crippen LogP contribution in [0, 0.1) is 11.3 Å². The molecule has 0 aromatic carbocycles. The number of hydrogen-bond acceptors (Lipinski definition) is 4. The molecule has 3 heterocycles. The van der Waals surface area contributed by atoms with Gasteiger partial charge in [0.1, 0.15) is 0 Å². The molecule has 2 saturated heterocycles. The Morgan fingerprint density at radius 2 is 2.55 bits per heavy atom. The molecule has 2 fully saturated rings. The molecule has 3 rings (SSSR count). The van der Waals surface area contributed by atoms with E-state index < -0.39 is 0 Å². The summed E-state index contributed by atoms with van der Waals surface area (Å²) < 4.78 is 7.32. The first-order chi connectivity index (χ1) is 9.65. The molecule has 0 saturated carbocycles. The Hall–Kier alpha value is -1.40. The van der Waals surface area contributed by atoms with Crippen molar-refractivity contribution in [1.29, 1.82) is 0 Å². The summed E-state index contributed by atoms with van der Waals surface area (Å²) in [6, 6.07) is 0. The minimum atomic E-state index is -0.366. The van der Waals surface area contributed by atoms with Crippen molar-refractivity contribution in [1.82, 2.24) is 20.4 Å². The van der Waals surface area contributed by atoms with E-state index in [1.165, 1.54) is 0 Å². The van der Waals surface area contributed by atoms with Gasteiger partial charge in [0.25, 0.3) is 0 Å².